The predicted molar refractivity (Wildman–Crippen MR) is 136 cm³/mol. The Labute approximate surface area is 214 Å². The van der Waals surface area contributed by atoms with Crippen LogP contribution in [0, 0.1) is 5.92 Å². The SMILES string of the molecule is C[C@@H](CNC(=O)N/C(=N\C1CC=C(Oc2ccc(Cl)cn2)CC1)NCC1=CCC(Cl)C=C1)C(=O)O. The van der Waals surface area contributed by atoms with Crippen LogP contribution in [0.15, 0.2) is 59.0 Å². The van der Waals surface area contributed by atoms with E-state index in [1.807, 2.05) is 24.3 Å². The van der Waals surface area contributed by atoms with Crippen LogP contribution in [0.4, 0.5) is 4.79 Å². The minimum Gasteiger partial charge on any atom is -0.481 e. The number of guanidine groups is 1. The van der Waals surface area contributed by atoms with E-state index in [-0.39, 0.29) is 18.0 Å². The van der Waals surface area contributed by atoms with Crippen molar-refractivity contribution in [3.63, 3.8) is 0 Å². The fourth-order valence-electron chi connectivity index (χ4n) is 3.31. The number of pyridine rings is 1. The zero-order valence-corrected chi connectivity index (χ0v) is 20.9. The highest BCUT2D eigenvalue weighted by atomic mass is 35.5. The van der Waals surface area contributed by atoms with Crippen LogP contribution in [0.2, 0.25) is 5.02 Å². The maximum absolute atomic E-state index is 12.4. The normalized spacial score (nSPS) is 20.8. The fourth-order valence-corrected chi connectivity index (χ4v) is 3.58. The number of nitrogens with one attached hydrogen (secondary N) is 3. The number of rotatable bonds is 8. The molecule has 2 amide bonds. The van der Waals surface area contributed by atoms with Crippen molar-refractivity contribution in [2.75, 3.05) is 13.1 Å². The molecule has 0 aliphatic heterocycles. The van der Waals surface area contributed by atoms with E-state index < -0.39 is 17.9 Å². The highest BCUT2D eigenvalue weighted by Gasteiger charge is 2.18. The number of nitrogens with zero attached hydrogens (tertiary/aromatic N) is 2. The number of allylic oxidation sites excluding steroid dienone is 3. The molecule has 9 nitrogen and oxygen atoms in total. The summed E-state index contributed by atoms with van der Waals surface area (Å²) in [5, 5.41) is 18.0. The van der Waals surface area contributed by atoms with Gasteiger partial charge in [-0.15, -0.1) is 11.6 Å². The second-order valence-electron chi connectivity index (χ2n) is 8.31. The Morgan fingerprint density at radius 3 is 2.74 bits per heavy atom. The maximum Gasteiger partial charge on any atom is 0.321 e. The minimum absolute atomic E-state index is 0.00501. The van der Waals surface area contributed by atoms with Gasteiger partial charge >= 0.3 is 12.0 Å². The Morgan fingerprint density at radius 1 is 1.29 bits per heavy atom. The number of hydrogen-bond donors (Lipinski definition) is 4. The molecular formula is C24H29Cl2N5O4. The number of amides is 2. The number of carboxylic acids is 1. The van der Waals surface area contributed by atoms with Gasteiger partial charge in [-0.3, -0.25) is 10.1 Å². The highest BCUT2D eigenvalue weighted by molar-refractivity contribution is 6.30. The second kappa shape index (κ2) is 13.2. The third kappa shape index (κ3) is 9.26. The van der Waals surface area contributed by atoms with Crippen molar-refractivity contribution >= 4 is 41.2 Å². The van der Waals surface area contributed by atoms with Crippen molar-refractivity contribution in [2.24, 2.45) is 10.9 Å². The molecule has 2 aliphatic carbocycles. The largest absolute Gasteiger partial charge is 0.481 e. The van der Waals surface area contributed by atoms with Gasteiger partial charge in [0.15, 0.2) is 5.96 Å². The molecule has 1 aromatic heterocycles. The van der Waals surface area contributed by atoms with E-state index in [1.54, 1.807) is 12.1 Å². The van der Waals surface area contributed by atoms with E-state index in [9.17, 15) is 9.59 Å². The molecule has 4 N–H and O–H groups in total. The molecule has 0 saturated heterocycles. The molecular weight excluding hydrogens is 493 g/mol. The topological polar surface area (TPSA) is 125 Å². The van der Waals surface area contributed by atoms with Crippen molar-refractivity contribution in [2.45, 2.75) is 44.0 Å². The number of carbonyl (C=O) groups excluding carboxylic acids is 1. The third-order valence-electron chi connectivity index (χ3n) is 5.40. The standard InChI is InChI=1S/C24H29Cl2N5O4/c1-15(22(32)33)12-29-24(34)31-23(28-13-16-2-4-17(25)5-3-16)30-19-7-9-20(10-8-19)35-21-11-6-18(26)14-27-21/h2-4,6,9,11,14-15,17,19H,5,7-8,10,12-13H2,1H3,(H,32,33)(H3,28,29,30,31,34)/t15-,17?,19?/m0/s1. The molecule has 2 aliphatic rings. The number of aliphatic carboxylic acids is 1. The first-order valence-electron chi connectivity index (χ1n) is 11.4. The molecule has 3 atom stereocenters. The number of aromatic nitrogens is 1. The predicted octanol–water partition coefficient (Wildman–Crippen LogP) is 4.01. The Bertz CT molecular complexity index is 1020. The van der Waals surface area contributed by atoms with E-state index in [0.29, 0.717) is 36.2 Å². The van der Waals surface area contributed by atoms with Gasteiger partial charge in [-0.05, 0) is 37.0 Å². The number of alkyl halides is 1. The average molecular weight is 522 g/mol. The Hall–Kier alpha value is -3.04. The lowest BCUT2D eigenvalue weighted by molar-refractivity contribution is -0.140. The van der Waals surface area contributed by atoms with Crippen LogP contribution in [0.1, 0.15) is 32.6 Å². The molecule has 0 aromatic carbocycles. The summed E-state index contributed by atoms with van der Waals surface area (Å²) in [6.45, 7) is 1.99. The van der Waals surface area contributed by atoms with Crippen molar-refractivity contribution in [3.8, 4) is 5.88 Å². The lowest BCUT2D eigenvalue weighted by Gasteiger charge is -2.21. The lowest BCUT2D eigenvalue weighted by atomic mass is 10.0. The molecule has 3 rings (SSSR count). The summed E-state index contributed by atoms with van der Waals surface area (Å²) in [4.78, 5) is 32.2. The Balaban J connectivity index is 1.60. The molecule has 0 saturated carbocycles. The van der Waals surface area contributed by atoms with Gasteiger partial charge in [0.1, 0.15) is 5.76 Å². The van der Waals surface area contributed by atoms with Crippen LogP contribution in [-0.2, 0) is 4.79 Å². The van der Waals surface area contributed by atoms with Crippen molar-refractivity contribution in [1.82, 2.24) is 20.9 Å². The summed E-state index contributed by atoms with van der Waals surface area (Å²) in [5.41, 5.74) is 1.03. The number of urea groups is 1. The number of ether oxygens (including phenoxy) is 1. The fraction of sp³-hybridized carbons (Fsp3) is 0.417. The van der Waals surface area contributed by atoms with Crippen LogP contribution in [0.3, 0.4) is 0 Å². The van der Waals surface area contributed by atoms with Gasteiger partial charge in [0, 0.05) is 31.8 Å². The molecule has 35 heavy (non-hydrogen) atoms. The summed E-state index contributed by atoms with van der Waals surface area (Å²) in [6, 6.07) is 2.84. The zero-order chi connectivity index (χ0) is 25.2. The first kappa shape index (κ1) is 26.6. The summed E-state index contributed by atoms with van der Waals surface area (Å²) in [6.07, 6.45) is 12.2. The van der Waals surface area contributed by atoms with E-state index in [4.69, 9.17) is 38.0 Å². The van der Waals surface area contributed by atoms with E-state index in [1.165, 1.54) is 13.1 Å². The third-order valence-corrected chi connectivity index (χ3v) is 5.94. The Morgan fingerprint density at radius 2 is 2.11 bits per heavy atom. The first-order valence-corrected chi connectivity index (χ1v) is 12.2. The molecule has 188 valence electrons. The van der Waals surface area contributed by atoms with Gasteiger partial charge < -0.3 is 20.5 Å². The number of halogens is 2. The molecule has 11 heteroatoms. The second-order valence-corrected chi connectivity index (χ2v) is 9.31. The molecule has 0 bridgehead atoms. The molecule has 1 aromatic rings. The zero-order valence-electron chi connectivity index (χ0n) is 19.3. The molecule has 0 radical (unpaired) electrons. The smallest absolute Gasteiger partial charge is 0.321 e. The highest BCUT2D eigenvalue weighted by Crippen LogP contribution is 2.23. The molecule has 2 unspecified atom stereocenters. The van der Waals surface area contributed by atoms with Gasteiger partial charge in [-0.2, -0.15) is 0 Å². The van der Waals surface area contributed by atoms with Gasteiger partial charge in [0.05, 0.1) is 22.4 Å². The molecule has 0 spiro atoms. The average Bonchev–Trinajstić information content (AvgIpc) is 2.84. The number of carbonyl (C=O) groups is 2. The Kier molecular flexibility index (Phi) is 9.98. The summed E-state index contributed by atoms with van der Waals surface area (Å²) < 4.78 is 5.81. The van der Waals surface area contributed by atoms with E-state index in [0.717, 1.165) is 24.2 Å². The molecule has 0 fully saturated rings. The summed E-state index contributed by atoms with van der Waals surface area (Å²) in [7, 11) is 0. The van der Waals surface area contributed by atoms with E-state index >= 15 is 0 Å². The van der Waals surface area contributed by atoms with Crippen molar-refractivity contribution < 1.29 is 19.4 Å². The van der Waals surface area contributed by atoms with Gasteiger partial charge in [-0.25, -0.2) is 14.8 Å². The van der Waals surface area contributed by atoms with Crippen LogP contribution < -0.4 is 20.7 Å². The van der Waals surface area contributed by atoms with Crippen molar-refractivity contribution in [1.29, 1.82) is 0 Å². The monoisotopic (exact) mass is 521 g/mol. The molecule has 1 heterocycles. The number of hydrogen-bond acceptors (Lipinski definition) is 5. The van der Waals surface area contributed by atoms with Gasteiger partial charge in [0.2, 0.25) is 5.88 Å². The first-order chi connectivity index (χ1) is 16.8. The van der Waals surface area contributed by atoms with Crippen molar-refractivity contribution in [3.05, 3.63) is 59.0 Å². The van der Waals surface area contributed by atoms with Gasteiger partial charge in [0.25, 0.3) is 0 Å². The van der Waals surface area contributed by atoms with E-state index in [2.05, 4.69) is 20.9 Å². The van der Waals surface area contributed by atoms with Crippen LogP contribution in [0.5, 0.6) is 5.88 Å². The van der Waals surface area contributed by atoms with Crippen LogP contribution in [0.25, 0.3) is 0 Å². The lowest BCUT2D eigenvalue weighted by Crippen LogP contribution is -2.48. The maximum atomic E-state index is 12.4. The van der Waals surface area contributed by atoms with Gasteiger partial charge in [-0.1, -0.05) is 36.8 Å². The van der Waals surface area contributed by atoms with Crippen LogP contribution in [-0.4, -0.2) is 52.6 Å². The summed E-state index contributed by atoms with van der Waals surface area (Å²) >= 11 is 11.9. The quantitative estimate of drug-likeness (QED) is 0.232. The number of aliphatic imine (C=N–C) groups is 1. The van der Waals surface area contributed by atoms with Crippen LogP contribution >= 0.6 is 23.2 Å². The number of carboxylic acid groups (broad SMARTS) is 1. The minimum atomic E-state index is -0.980. The summed E-state index contributed by atoms with van der Waals surface area (Å²) in [5.74, 6) is -0.0806.